The van der Waals surface area contributed by atoms with Crippen molar-refractivity contribution >= 4 is 0 Å². The summed E-state index contributed by atoms with van der Waals surface area (Å²) in [7, 11) is 0. The number of ether oxygens (including phenoxy) is 1. The van der Waals surface area contributed by atoms with Crippen LogP contribution in [0.3, 0.4) is 0 Å². The normalized spacial score (nSPS) is 10.2. The van der Waals surface area contributed by atoms with E-state index in [9.17, 15) is 9.50 Å². The maximum absolute atomic E-state index is 12.9. The Morgan fingerprint density at radius 2 is 2.00 bits per heavy atom. The summed E-state index contributed by atoms with van der Waals surface area (Å²) >= 11 is 0. The summed E-state index contributed by atoms with van der Waals surface area (Å²) in [6.45, 7) is 2.25. The Morgan fingerprint density at radius 3 is 2.71 bits per heavy atom. The van der Waals surface area contributed by atoms with E-state index in [2.05, 4.69) is 0 Å². The van der Waals surface area contributed by atoms with Gasteiger partial charge in [0.05, 0.1) is 0 Å². The van der Waals surface area contributed by atoms with Gasteiger partial charge in [0.1, 0.15) is 23.9 Å². The molecule has 0 amide bonds. The van der Waals surface area contributed by atoms with Gasteiger partial charge in [0.15, 0.2) is 0 Å². The van der Waals surface area contributed by atoms with Crippen molar-refractivity contribution in [3.05, 3.63) is 59.4 Å². The predicted molar refractivity (Wildman–Crippen MR) is 63.6 cm³/mol. The first-order valence-corrected chi connectivity index (χ1v) is 5.32. The minimum atomic E-state index is -0.315. The molecule has 3 heteroatoms. The molecule has 0 saturated heterocycles. The first-order valence-electron chi connectivity index (χ1n) is 5.32. The van der Waals surface area contributed by atoms with E-state index in [1.54, 1.807) is 30.3 Å². The minimum Gasteiger partial charge on any atom is -0.508 e. The number of phenols is 1. The van der Waals surface area contributed by atoms with Crippen molar-refractivity contribution in [3.8, 4) is 11.5 Å². The van der Waals surface area contributed by atoms with Gasteiger partial charge in [-0.05, 0) is 42.3 Å². The van der Waals surface area contributed by atoms with E-state index in [1.165, 1.54) is 12.1 Å². The molecule has 0 saturated carbocycles. The lowest BCUT2D eigenvalue weighted by Gasteiger charge is -2.09. The largest absolute Gasteiger partial charge is 0.508 e. The molecule has 2 nitrogen and oxygen atoms in total. The van der Waals surface area contributed by atoms with Gasteiger partial charge >= 0.3 is 0 Å². The third-order valence-electron chi connectivity index (χ3n) is 2.52. The minimum absolute atomic E-state index is 0.233. The van der Waals surface area contributed by atoms with E-state index in [4.69, 9.17) is 4.74 Å². The number of rotatable bonds is 3. The monoisotopic (exact) mass is 232 g/mol. The predicted octanol–water partition coefficient (Wildman–Crippen LogP) is 3.42. The number of phenolic OH excluding ortho intramolecular Hbond substituents is 1. The number of benzene rings is 2. The fraction of sp³-hybridized carbons (Fsp3) is 0.143. The first kappa shape index (κ1) is 11.5. The van der Waals surface area contributed by atoms with E-state index in [-0.39, 0.29) is 11.6 Å². The fourth-order valence-corrected chi connectivity index (χ4v) is 1.56. The highest BCUT2D eigenvalue weighted by Crippen LogP contribution is 2.18. The lowest BCUT2D eigenvalue weighted by molar-refractivity contribution is 0.303. The van der Waals surface area contributed by atoms with Gasteiger partial charge in [0.25, 0.3) is 0 Å². The van der Waals surface area contributed by atoms with Crippen molar-refractivity contribution in [1.82, 2.24) is 0 Å². The smallest absolute Gasteiger partial charge is 0.126 e. The Labute approximate surface area is 99.3 Å². The Hall–Kier alpha value is -2.03. The summed E-state index contributed by atoms with van der Waals surface area (Å²) in [5.41, 5.74) is 1.91. The highest BCUT2D eigenvalue weighted by atomic mass is 19.1. The molecular formula is C14H13FO2. The number of hydrogen-bond donors (Lipinski definition) is 1. The SMILES string of the molecule is Cc1cc(O)ccc1COc1cccc(F)c1. The summed E-state index contributed by atoms with van der Waals surface area (Å²) in [4.78, 5) is 0. The van der Waals surface area contributed by atoms with Crippen LogP contribution in [0.4, 0.5) is 4.39 Å². The van der Waals surface area contributed by atoms with Crippen LogP contribution in [0.25, 0.3) is 0 Å². The number of hydrogen-bond acceptors (Lipinski definition) is 2. The van der Waals surface area contributed by atoms with Crippen LogP contribution in [0.15, 0.2) is 42.5 Å². The first-order chi connectivity index (χ1) is 8.15. The van der Waals surface area contributed by atoms with E-state index in [0.29, 0.717) is 12.4 Å². The van der Waals surface area contributed by atoms with Crippen molar-refractivity contribution in [2.45, 2.75) is 13.5 Å². The summed E-state index contributed by atoms with van der Waals surface area (Å²) in [6.07, 6.45) is 0. The van der Waals surface area contributed by atoms with Crippen molar-refractivity contribution < 1.29 is 14.2 Å². The van der Waals surface area contributed by atoms with Crippen molar-refractivity contribution in [1.29, 1.82) is 0 Å². The average Bonchev–Trinajstić information content (AvgIpc) is 2.28. The van der Waals surface area contributed by atoms with E-state index >= 15 is 0 Å². The highest BCUT2D eigenvalue weighted by Gasteiger charge is 2.01. The van der Waals surface area contributed by atoms with E-state index < -0.39 is 0 Å². The maximum atomic E-state index is 12.9. The summed E-state index contributed by atoms with van der Waals surface area (Å²) in [5.74, 6) is 0.416. The lowest BCUT2D eigenvalue weighted by atomic mass is 10.1. The molecule has 1 N–H and O–H groups in total. The highest BCUT2D eigenvalue weighted by molar-refractivity contribution is 5.34. The Bertz CT molecular complexity index is 523. The molecule has 0 aromatic heterocycles. The van der Waals surface area contributed by atoms with E-state index in [0.717, 1.165) is 11.1 Å². The second-order valence-electron chi connectivity index (χ2n) is 3.86. The molecule has 0 aliphatic heterocycles. The molecule has 0 heterocycles. The number of aryl methyl sites for hydroxylation is 1. The molecule has 0 fully saturated rings. The van der Waals surface area contributed by atoms with Gasteiger partial charge in [-0.15, -0.1) is 0 Å². The molecule has 0 spiro atoms. The average molecular weight is 232 g/mol. The third kappa shape index (κ3) is 2.97. The van der Waals surface area contributed by atoms with Crippen LogP contribution in [0.5, 0.6) is 11.5 Å². The van der Waals surface area contributed by atoms with Gasteiger partial charge in [-0.3, -0.25) is 0 Å². The quantitative estimate of drug-likeness (QED) is 0.878. The number of halogens is 1. The van der Waals surface area contributed by atoms with Gasteiger partial charge in [-0.2, -0.15) is 0 Å². The van der Waals surface area contributed by atoms with Crippen LogP contribution in [0, 0.1) is 12.7 Å². The summed E-state index contributed by atoms with van der Waals surface area (Å²) in [5, 5.41) is 9.27. The molecular weight excluding hydrogens is 219 g/mol. The third-order valence-corrected chi connectivity index (χ3v) is 2.52. The molecule has 0 unspecified atom stereocenters. The fourth-order valence-electron chi connectivity index (χ4n) is 1.56. The molecule has 0 aliphatic carbocycles. The van der Waals surface area contributed by atoms with Gasteiger partial charge in [0.2, 0.25) is 0 Å². The van der Waals surface area contributed by atoms with Crippen LogP contribution < -0.4 is 4.74 Å². The maximum Gasteiger partial charge on any atom is 0.126 e. The molecule has 2 rings (SSSR count). The second-order valence-corrected chi connectivity index (χ2v) is 3.86. The van der Waals surface area contributed by atoms with Crippen molar-refractivity contribution in [2.75, 3.05) is 0 Å². The van der Waals surface area contributed by atoms with Crippen LogP contribution in [0.1, 0.15) is 11.1 Å². The second kappa shape index (κ2) is 4.87. The summed E-state index contributed by atoms with van der Waals surface area (Å²) < 4.78 is 18.4. The standard InChI is InChI=1S/C14H13FO2/c1-10-7-13(16)6-5-11(10)9-17-14-4-2-3-12(15)8-14/h2-8,16H,9H2,1H3. The summed E-state index contributed by atoms with van der Waals surface area (Å²) in [6, 6.07) is 11.1. The zero-order chi connectivity index (χ0) is 12.3. The van der Waals surface area contributed by atoms with Crippen LogP contribution in [-0.2, 0) is 6.61 Å². The van der Waals surface area contributed by atoms with Crippen molar-refractivity contribution in [3.63, 3.8) is 0 Å². The topological polar surface area (TPSA) is 29.5 Å². The molecule has 0 bridgehead atoms. The zero-order valence-corrected chi connectivity index (χ0v) is 9.48. The molecule has 0 aliphatic rings. The molecule has 17 heavy (non-hydrogen) atoms. The Kier molecular flexibility index (Phi) is 3.28. The zero-order valence-electron chi connectivity index (χ0n) is 9.48. The van der Waals surface area contributed by atoms with Crippen LogP contribution in [0.2, 0.25) is 0 Å². The number of aromatic hydroxyl groups is 1. The Balaban J connectivity index is 2.07. The van der Waals surface area contributed by atoms with Crippen LogP contribution in [-0.4, -0.2) is 5.11 Å². The molecule has 0 radical (unpaired) electrons. The van der Waals surface area contributed by atoms with Gasteiger partial charge < -0.3 is 9.84 Å². The lowest BCUT2D eigenvalue weighted by Crippen LogP contribution is -1.97. The van der Waals surface area contributed by atoms with Crippen molar-refractivity contribution in [2.24, 2.45) is 0 Å². The molecule has 88 valence electrons. The van der Waals surface area contributed by atoms with Gasteiger partial charge in [-0.25, -0.2) is 4.39 Å². The molecule has 2 aromatic carbocycles. The van der Waals surface area contributed by atoms with Crippen LogP contribution >= 0.6 is 0 Å². The Morgan fingerprint density at radius 1 is 1.18 bits per heavy atom. The van der Waals surface area contributed by atoms with Gasteiger partial charge in [-0.1, -0.05) is 12.1 Å². The molecule has 0 atom stereocenters. The van der Waals surface area contributed by atoms with Gasteiger partial charge in [0, 0.05) is 6.07 Å². The van der Waals surface area contributed by atoms with E-state index in [1.807, 2.05) is 6.92 Å². The molecule has 2 aromatic rings.